The van der Waals surface area contributed by atoms with Gasteiger partial charge in [0.1, 0.15) is 12.6 Å². The summed E-state index contributed by atoms with van der Waals surface area (Å²) in [6.45, 7) is 3.23. The van der Waals surface area contributed by atoms with Crippen molar-refractivity contribution in [3.8, 4) is 11.1 Å². The van der Waals surface area contributed by atoms with E-state index < -0.39 is 24.5 Å². The Kier molecular flexibility index (Phi) is 6.72. The number of rotatable bonds is 6. The lowest BCUT2D eigenvalue weighted by atomic mass is 9.98. The van der Waals surface area contributed by atoms with E-state index in [2.05, 4.69) is 22.3 Å². The van der Waals surface area contributed by atoms with Crippen molar-refractivity contribution in [2.75, 3.05) is 32.8 Å². The third kappa shape index (κ3) is 4.89. The smallest absolute Gasteiger partial charge is 0.407 e. The second kappa shape index (κ2) is 10.1. The number of carbonyl (C=O) groups excluding carboxylic acids is 2. The zero-order valence-corrected chi connectivity index (χ0v) is 19.7. The van der Waals surface area contributed by atoms with Crippen LogP contribution in [0.4, 0.5) is 4.79 Å². The normalized spacial score (nSPS) is 20.3. The maximum absolute atomic E-state index is 13.3. The summed E-state index contributed by atoms with van der Waals surface area (Å²) >= 11 is 0. The summed E-state index contributed by atoms with van der Waals surface area (Å²) in [6, 6.07) is 15.2. The number of aliphatic carboxylic acids is 1. The number of alkyl carbamates (subject to hydrolysis) is 1. The lowest BCUT2D eigenvalue weighted by Gasteiger charge is -2.29. The topological polar surface area (TPSA) is 99.2 Å². The van der Waals surface area contributed by atoms with Gasteiger partial charge in [-0.05, 0) is 48.1 Å². The number of benzene rings is 2. The highest BCUT2D eigenvalue weighted by Gasteiger charge is 2.35. The van der Waals surface area contributed by atoms with Crippen LogP contribution in [0.2, 0.25) is 0 Å². The predicted molar refractivity (Wildman–Crippen MR) is 130 cm³/mol. The van der Waals surface area contributed by atoms with Gasteiger partial charge in [-0.1, -0.05) is 48.5 Å². The van der Waals surface area contributed by atoms with Crippen LogP contribution >= 0.6 is 0 Å². The molecule has 2 atom stereocenters. The van der Waals surface area contributed by atoms with E-state index >= 15 is 0 Å². The Morgan fingerprint density at radius 2 is 1.63 bits per heavy atom. The molecule has 8 nitrogen and oxygen atoms in total. The Balaban J connectivity index is 1.25. The molecular formula is C27H31N3O5. The van der Waals surface area contributed by atoms with Gasteiger partial charge in [-0.2, -0.15) is 0 Å². The highest BCUT2D eigenvalue weighted by molar-refractivity contribution is 5.89. The lowest BCUT2D eigenvalue weighted by molar-refractivity contribution is -0.142. The van der Waals surface area contributed by atoms with Crippen LogP contribution in [0.25, 0.3) is 11.1 Å². The van der Waals surface area contributed by atoms with Crippen molar-refractivity contribution in [1.29, 1.82) is 0 Å². The van der Waals surface area contributed by atoms with Gasteiger partial charge < -0.3 is 20.1 Å². The molecule has 2 N–H and O–H groups in total. The molecule has 184 valence electrons. The number of nitrogens with zero attached hydrogens (tertiary/aromatic N) is 2. The molecule has 2 aromatic carbocycles. The van der Waals surface area contributed by atoms with Crippen LogP contribution in [0.3, 0.4) is 0 Å². The Morgan fingerprint density at radius 3 is 2.31 bits per heavy atom. The standard InChI is InChI=1S/C27H31N3O5/c31-25(32)15-24(26(33)30-14-6-13-29-12-5-7-18(29)16-30)28-27(34)35-17-23-21-10-3-1-8-19(21)20-9-2-4-11-22(20)23/h1-4,8-11,18,23-24H,5-7,12-17H2,(H,28,34)(H,31,32). The second-order valence-corrected chi connectivity index (χ2v) is 9.59. The summed E-state index contributed by atoms with van der Waals surface area (Å²) in [5.41, 5.74) is 4.42. The first-order valence-corrected chi connectivity index (χ1v) is 12.4. The number of ether oxygens (including phenoxy) is 1. The van der Waals surface area contributed by atoms with Crippen LogP contribution in [0.5, 0.6) is 0 Å². The summed E-state index contributed by atoms with van der Waals surface area (Å²) in [5, 5.41) is 12.0. The van der Waals surface area contributed by atoms with Gasteiger partial charge in [-0.3, -0.25) is 14.5 Å². The fourth-order valence-electron chi connectivity index (χ4n) is 5.78. The van der Waals surface area contributed by atoms with Crippen molar-refractivity contribution in [2.45, 2.75) is 43.7 Å². The fourth-order valence-corrected chi connectivity index (χ4v) is 5.78. The van der Waals surface area contributed by atoms with E-state index in [4.69, 9.17) is 4.74 Å². The summed E-state index contributed by atoms with van der Waals surface area (Å²) < 4.78 is 5.56. The maximum atomic E-state index is 13.3. The van der Waals surface area contributed by atoms with E-state index in [-0.39, 0.29) is 18.4 Å². The van der Waals surface area contributed by atoms with Crippen LogP contribution in [0.1, 0.15) is 42.7 Å². The number of carboxylic acid groups (broad SMARTS) is 1. The minimum absolute atomic E-state index is 0.106. The van der Waals surface area contributed by atoms with E-state index in [1.165, 1.54) is 0 Å². The van der Waals surface area contributed by atoms with E-state index in [9.17, 15) is 19.5 Å². The Bertz CT molecular complexity index is 1070. The molecule has 35 heavy (non-hydrogen) atoms. The average Bonchev–Trinajstić information content (AvgIpc) is 3.36. The summed E-state index contributed by atoms with van der Waals surface area (Å²) in [6.07, 6.45) is 1.74. The first-order chi connectivity index (χ1) is 17.0. The molecule has 2 unspecified atom stereocenters. The number of carboxylic acids is 1. The van der Waals surface area contributed by atoms with E-state index in [1.807, 2.05) is 36.4 Å². The van der Waals surface area contributed by atoms with Crippen molar-refractivity contribution >= 4 is 18.0 Å². The molecule has 2 amide bonds. The van der Waals surface area contributed by atoms with Crippen molar-refractivity contribution in [3.63, 3.8) is 0 Å². The van der Waals surface area contributed by atoms with Gasteiger partial charge in [0.15, 0.2) is 0 Å². The first-order valence-electron chi connectivity index (χ1n) is 12.4. The van der Waals surface area contributed by atoms with E-state index in [1.54, 1.807) is 4.90 Å². The lowest BCUT2D eigenvalue weighted by Crippen LogP contribution is -2.51. The average molecular weight is 478 g/mol. The van der Waals surface area contributed by atoms with Gasteiger partial charge in [0.25, 0.3) is 0 Å². The van der Waals surface area contributed by atoms with E-state index in [0.29, 0.717) is 19.1 Å². The minimum Gasteiger partial charge on any atom is -0.481 e. The van der Waals surface area contributed by atoms with Crippen molar-refractivity contribution in [2.24, 2.45) is 0 Å². The van der Waals surface area contributed by atoms with Gasteiger partial charge >= 0.3 is 12.1 Å². The van der Waals surface area contributed by atoms with Gasteiger partial charge in [0, 0.05) is 31.6 Å². The molecule has 2 fully saturated rings. The van der Waals surface area contributed by atoms with Crippen molar-refractivity contribution in [1.82, 2.24) is 15.1 Å². The molecule has 2 aromatic rings. The van der Waals surface area contributed by atoms with Gasteiger partial charge in [-0.15, -0.1) is 0 Å². The predicted octanol–water partition coefficient (Wildman–Crippen LogP) is 3.07. The largest absolute Gasteiger partial charge is 0.481 e. The van der Waals surface area contributed by atoms with Crippen LogP contribution in [-0.2, 0) is 14.3 Å². The highest BCUT2D eigenvalue weighted by atomic mass is 16.5. The molecule has 0 saturated carbocycles. The number of fused-ring (bicyclic) bond motifs is 4. The molecule has 5 rings (SSSR count). The first kappa shape index (κ1) is 23.4. The molecule has 2 heterocycles. The Labute approximate surface area is 204 Å². The molecule has 1 aliphatic carbocycles. The van der Waals surface area contributed by atoms with Crippen LogP contribution < -0.4 is 5.32 Å². The number of carbonyl (C=O) groups is 3. The van der Waals surface area contributed by atoms with Crippen LogP contribution in [-0.4, -0.2) is 77.7 Å². The zero-order chi connectivity index (χ0) is 24.4. The molecule has 0 radical (unpaired) electrons. The molecule has 0 spiro atoms. The Morgan fingerprint density at radius 1 is 0.971 bits per heavy atom. The fraction of sp³-hybridized carbons (Fsp3) is 0.444. The third-order valence-corrected chi connectivity index (χ3v) is 7.43. The summed E-state index contributed by atoms with van der Waals surface area (Å²) in [7, 11) is 0. The van der Waals surface area contributed by atoms with Gasteiger partial charge in [0.05, 0.1) is 6.42 Å². The molecule has 0 bridgehead atoms. The Hall–Kier alpha value is -3.39. The van der Waals surface area contributed by atoms with Gasteiger partial charge in [-0.25, -0.2) is 4.79 Å². The third-order valence-electron chi connectivity index (χ3n) is 7.43. The van der Waals surface area contributed by atoms with Crippen LogP contribution in [0.15, 0.2) is 48.5 Å². The molecule has 3 aliphatic rings. The van der Waals surface area contributed by atoms with Crippen molar-refractivity contribution in [3.05, 3.63) is 59.7 Å². The molecule has 0 aromatic heterocycles. The van der Waals surface area contributed by atoms with Gasteiger partial charge in [0.2, 0.25) is 5.91 Å². The molecule has 8 heteroatoms. The molecular weight excluding hydrogens is 446 g/mol. The van der Waals surface area contributed by atoms with Crippen molar-refractivity contribution < 1.29 is 24.2 Å². The van der Waals surface area contributed by atoms with E-state index in [0.717, 1.165) is 54.6 Å². The molecule has 2 saturated heterocycles. The number of amides is 2. The molecule has 2 aliphatic heterocycles. The maximum Gasteiger partial charge on any atom is 0.407 e. The second-order valence-electron chi connectivity index (χ2n) is 9.59. The summed E-state index contributed by atoms with van der Waals surface area (Å²) in [4.78, 5) is 41.6. The van der Waals surface area contributed by atoms with Crippen LogP contribution in [0, 0.1) is 0 Å². The zero-order valence-electron chi connectivity index (χ0n) is 19.7. The SMILES string of the molecule is O=C(O)CC(NC(=O)OCC1c2ccccc2-c2ccccc21)C(=O)N1CCCN2CCCC2C1. The highest BCUT2D eigenvalue weighted by Crippen LogP contribution is 2.44. The number of nitrogens with one attached hydrogen (secondary N) is 1. The quantitative estimate of drug-likeness (QED) is 0.664. The number of hydrogen-bond acceptors (Lipinski definition) is 5. The summed E-state index contributed by atoms with van der Waals surface area (Å²) in [5.74, 6) is -1.60. The monoisotopic (exact) mass is 477 g/mol. The minimum atomic E-state index is -1.16. The number of hydrogen-bond donors (Lipinski definition) is 2.